The van der Waals surface area contributed by atoms with Crippen molar-refractivity contribution in [1.29, 1.82) is 0 Å². The van der Waals surface area contributed by atoms with Crippen LogP contribution in [0.5, 0.6) is 0 Å². The van der Waals surface area contributed by atoms with Crippen molar-refractivity contribution < 1.29 is 5.11 Å². The first-order chi connectivity index (χ1) is 7.24. The molecule has 15 heavy (non-hydrogen) atoms. The van der Waals surface area contributed by atoms with Gasteiger partial charge in [0, 0.05) is 0 Å². The number of nitrogens with zero attached hydrogens (tertiary/aromatic N) is 1. The molecule has 0 spiro atoms. The van der Waals surface area contributed by atoms with Crippen LogP contribution in [0.25, 0.3) is 10.2 Å². The second kappa shape index (κ2) is 4.26. The van der Waals surface area contributed by atoms with Gasteiger partial charge in [0.05, 0.1) is 27.9 Å². The Kier molecular flexibility index (Phi) is 3.00. The van der Waals surface area contributed by atoms with Gasteiger partial charge in [-0.3, -0.25) is 0 Å². The highest BCUT2D eigenvalue weighted by molar-refractivity contribution is 7.18. The molecule has 0 saturated carbocycles. The fraction of sp³-hybridized carbons (Fsp3) is 0.364. The fourth-order valence-electron chi connectivity index (χ4n) is 1.48. The molecule has 1 aromatic carbocycles. The number of aliphatic hydroxyl groups excluding tert-OH is 1. The van der Waals surface area contributed by atoms with Gasteiger partial charge in [-0.2, -0.15) is 0 Å². The van der Waals surface area contributed by atoms with E-state index in [1.807, 2.05) is 18.2 Å². The molecule has 0 bridgehead atoms. The predicted molar refractivity (Wildman–Crippen MR) is 63.0 cm³/mol. The van der Waals surface area contributed by atoms with Gasteiger partial charge in [-0.05, 0) is 24.1 Å². The van der Waals surface area contributed by atoms with Gasteiger partial charge in [0.15, 0.2) is 0 Å². The predicted octanol–water partition coefficient (Wildman–Crippen LogP) is 1.85. The Bertz CT molecular complexity index is 467. The van der Waals surface area contributed by atoms with Crippen LogP contribution >= 0.6 is 11.3 Å². The van der Waals surface area contributed by atoms with Crippen LogP contribution in [0.15, 0.2) is 18.2 Å². The molecule has 0 amide bonds. The largest absolute Gasteiger partial charge is 0.394 e. The third kappa shape index (κ3) is 2.02. The first-order valence-corrected chi connectivity index (χ1v) is 5.82. The van der Waals surface area contributed by atoms with Crippen molar-refractivity contribution >= 4 is 21.6 Å². The van der Waals surface area contributed by atoms with Crippen molar-refractivity contribution in [2.75, 3.05) is 6.61 Å². The van der Waals surface area contributed by atoms with Crippen LogP contribution < -0.4 is 5.73 Å². The van der Waals surface area contributed by atoms with Gasteiger partial charge in [-0.15, -0.1) is 11.3 Å². The van der Waals surface area contributed by atoms with E-state index in [4.69, 9.17) is 10.8 Å². The summed E-state index contributed by atoms with van der Waals surface area (Å²) in [5.41, 5.74) is 7.75. The molecule has 0 fully saturated rings. The topological polar surface area (TPSA) is 59.1 Å². The van der Waals surface area contributed by atoms with E-state index in [-0.39, 0.29) is 12.6 Å². The van der Waals surface area contributed by atoms with Crippen molar-refractivity contribution in [2.45, 2.75) is 19.4 Å². The van der Waals surface area contributed by atoms with E-state index in [9.17, 15) is 0 Å². The lowest BCUT2D eigenvalue weighted by Crippen LogP contribution is -2.13. The molecule has 2 rings (SSSR count). The quantitative estimate of drug-likeness (QED) is 0.833. The average molecular weight is 222 g/mol. The summed E-state index contributed by atoms with van der Waals surface area (Å²) >= 11 is 1.69. The zero-order valence-electron chi connectivity index (χ0n) is 8.60. The Hall–Kier alpha value is -0.970. The van der Waals surface area contributed by atoms with Gasteiger partial charge in [0.25, 0.3) is 0 Å². The first-order valence-electron chi connectivity index (χ1n) is 5.00. The van der Waals surface area contributed by atoms with E-state index < -0.39 is 0 Å². The smallest absolute Gasteiger partial charge is 0.0935 e. The normalized spacial score (nSPS) is 13.3. The van der Waals surface area contributed by atoms with Crippen LogP contribution in [0.3, 0.4) is 0 Å². The SMILES string of the molecule is CCc1nc2ccc(C(N)CO)cc2s1. The van der Waals surface area contributed by atoms with Crippen LogP contribution in [-0.2, 0) is 6.42 Å². The fourth-order valence-corrected chi connectivity index (χ4v) is 2.43. The monoisotopic (exact) mass is 222 g/mol. The van der Waals surface area contributed by atoms with Gasteiger partial charge >= 0.3 is 0 Å². The third-order valence-electron chi connectivity index (χ3n) is 2.38. The Morgan fingerprint density at radius 2 is 2.33 bits per heavy atom. The number of hydrogen-bond donors (Lipinski definition) is 2. The molecule has 0 radical (unpaired) electrons. The summed E-state index contributed by atoms with van der Waals surface area (Å²) < 4.78 is 1.15. The lowest BCUT2D eigenvalue weighted by atomic mass is 10.1. The van der Waals surface area contributed by atoms with Crippen molar-refractivity contribution in [3.8, 4) is 0 Å². The van der Waals surface area contributed by atoms with Crippen LogP contribution in [0.2, 0.25) is 0 Å². The summed E-state index contributed by atoms with van der Waals surface area (Å²) in [6.45, 7) is 2.07. The first kappa shape index (κ1) is 10.5. The number of aliphatic hydroxyl groups is 1. The Balaban J connectivity index is 2.45. The number of hydrogen-bond acceptors (Lipinski definition) is 4. The van der Waals surface area contributed by atoms with Gasteiger partial charge in [-0.1, -0.05) is 13.0 Å². The number of benzene rings is 1. The molecule has 1 atom stereocenters. The molecule has 1 heterocycles. The number of thiazole rings is 1. The van der Waals surface area contributed by atoms with E-state index in [1.165, 1.54) is 0 Å². The van der Waals surface area contributed by atoms with E-state index >= 15 is 0 Å². The lowest BCUT2D eigenvalue weighted by Gasteiger charge is -2.07. The molecular weight excluding hydrogens is 208 g/mol. The summed E-state index contributed by atoms with van der Waals surface area (Å²) in [4.78, 5) is 4.47. The number of aromatic nitrogens is 1. The highest BCUT2D eigenvalue weighted by atomic mass is 32.1. The Morgan fingerprint density at radius 1 is 1.53 bits per heavy atom. The van der Waals surface area contributed by atoms with Crippen LogP contribution in [0.4, 0.5) is 0 Å². The molecule has 1 unspecified atom stereocenters. The molecule has 2 aromatic rings. The van der Waals surface area contributed by atoms with Crippen LogP contribution in [-0.4, -0.2) is 16.7 Å². The second-order valence-electron chi connectivity index (χ2n) is 3.48. The van der Waals surface area contributed by atoms with E-state index in [0.717, 1.165) is 27.2 Å². The van der Waals surface area contributed by atoms with Crippen molar-refractivity contribution in [3.05, 3.63) is 28.8 Å². The summed E-state index contributed by atoms with van der Waals surface area (Å²) in [6, 6.07) is 5.63. The zero-order chi connectivity index (χ0) is 10.8. The maximum atomic E-state index is 8.97. The van der Waals surface area contributed by atoms with Crippen LogP contribution in [0.1, 0.15) is 23.5 Å². The molecule has 80 valence electrons. The molecule has 3 N–H and O–H groups in total. The second-order valence-corrected chi connectivity index (χ2v) is 4.59. The van der Waals surface area contributed by atoms with Gasteiger partial charge in [0.1, 0.15) is 0 Å². The summed E-state index contributed by atoms with van der Waals surface area (Å²) in [5.74, 6) is 0. The minimum atomic E-state index is -0.290. The van der Waals surface area contributed by atoms with Crippen LogP contribution in [0, 0.1) is 0 Å². The number of rotatable bonds is 3. The Morgan fingerprint density at radius 3 is 3.00 bits per heavy atom. The molecule has 0 aliphatic heterocycles. The molecule has 0 saturated heterocycles. The van der Waals surface area contributed by atoms with E-state index in [1.54, 1.807) is 11.3 Å². The number of aryl methyl sites for hydroxylation is 1. The Labute approximate surface area is 92.6 Å². The number of fused-ring (bicyclic) bond motifs is 1. The van der Waals surface area contributed by atoms with Crippen molar-refractivity contribution in [1.82, 2.24) is 4.98 Å². The van der Waals surface area contributed by atoms with Gasteiger partial charge in [0.2, 0.25) is 0 Å². The summed E-state index contributed by atoms with van der Waals surface area (Å²) in [6.07, 6.45) is 0.959. The zero-order valence-corrected chi connectivity index (χ0v) is 9.42. The van der Waals surface area contributed by atoms with E-state index in [0.29, 0.717) is 0 Å². The molecule has 0 aliphatic rings. The minimum Gasteiger partial charge on any atom is -0.394 e. The minimum absolute atomic E-state index is 0.0229. The molecule has 0 aliphatic carbocycles. The highest BCUT2D eigenvalue weighted by Crippen LogP contribution is 2.25. The van der Waals surface area contributed by atoms with Gasteiger partial charge < -0.3 is 10.8 Å². The average Bonchev–Trinajstić information content (AvgIpc) is 2.69. The van der Waals surface area contributed by atoms with Crippen molar-refractivity contribution in [3.63, 3.8) is 0 Å². The lowest BCUT2D eigenvalue weighted by molar-refractivity contribution is 0.268. The molecule has 4 heteroatoms. The molecule has 3 nitrogen and oxygen atoms in total. The molecular formula is C11H14N2OS. The highest BCUT2D eigenvalue weighted by Gasteiger charge is 2.07. The standard InChI is InChI=1S/C11H14N2OS/c1-2-11-13-9-4-3-7(8(12)6-14)5-10(9)15-11/h3-5,8,14H,2,6,12H2,1H3. The molecule has 1 aromatic heterocycles. The maximum Gasteiger partial charge on any atom is 0.0935 e. The maximum absolute atomic E-state index is 8.97. The third-order valence-corrected chi connectivity index (χ3v) is 3.55. The van der Waals surface area contributed by atoms with E-state index in [2.05, 4.69) is 11.9 Å². The van der Waals surface area contributed by atoms with Crippen molar-refractivity contribution in [2.24, 2.45) is 5.73 Å². The van der Waals surface area contributed by atoms with Gasteiger partial charge in [-0.25, -0.2) is 4.98 Å². The number of nitrogens with two attached hydrogens (primary N) is 1. The summed E-state index contributed by atoms with van der Waals surface area (Å²) in [5, 5.41) is 10.1. The summed E-state index contributed by atoms with van der Waals surface area (Å²) in [7, 11) is 0.